The molecule has 1 aromatic heterocycles. The van der Waals surface area contributed by atoms with Crippen LogP contribution in [0, 0.1) is 5.41 Å². The average Bonchev–Trinajstić information content (AvgIpc) is 2.79. The molecular weight excluding hydrogens is 297 g/mol. The Morgan fingerprint density at radius 2 is 2.00 bits per heavy atom. The van der Waals surface area contributed by atoms with E-state index < -0.39 is 0 Å². The molecule has 0 saturated heterocycles. The zero-order valence-corrected chi connectivity index (χ0v) is 13.2. The molecule has 20 heavy (non-hydrogen) atoms. The van der Waals surface area contributed by atoms with E-state index in [0.717, 1.165) is 5.56 Å². The monoisotopic (exact) mass is 313 g/mol. The Morgan fingerprint density at radius 3 is 2.60 bits per heavy atom. The van der Waals surface area contributed by atoms with E-state index in [2.05, 4.69) is 10.1 Å². The van der Waals surface area contributed by atoms with Crippen molar-refractivity contribution in [3.63, 3.8) is 0 Å². The van der Waals surface area contributed by atoms with Gasteiger partial charge in [0, 0.05) is 16.5 Å². The maximum atomic E-state index is 6.13. The van der Waals surface area contributed by atoms with Crippen LogP contribution in [0.25, 0.3) is 0 Å². The van der Waals surface area contributed by atoms with Crippen molar-refractivity contribution in [3.8, 4) is 0 Å². The fourth-order valence-electron chi connectivity index (χ4n) is 1.67. The summed E-state index contributed by atoms with van der Waals surface area (Å²) in [5, 5.41) is 5.14. The molecule has 6 heteroatoms. The summed E-state index contributed by atoms with van der Waals surface area (Å²) in [4.78, 5) is 4.34. The normalized spacial score (nSPS) is 13.5. The van der Waals surface area contributed by atoms with Gasteiger partial charge in [0.25, 0.3) is 0 Å². The Hall–Kier alpha value is -1.10. The van der Waals surface area contributed by atoms with Crippen LogP contribution in [0.4, 0.5) is 0 Å². The molecule has 0 radical (unpaired) electrons. The van der Waals surface area contributed by atoms with Gasteiger partial charge in [0.15, 0.2) is 5.82 Å². The standard InChI is InChI=1S/C14H17Cl2N3O/c1-14(2,3)12(17)13-18-11(19-20-13)6-8-4-5-9(15)7-10(8)16/h4-5,7,12H,6,17H2,1-3H3/t12-/m0/s1. The van der Waals surface area contributed by atoms with Gasteiger partial charge in [-0.25, -0.2) is 0 Å². The summed E-state index contributed by atoms with van der Waals surface area (Å²) in [6.45, 7) is 6.08. The minimum absolute atomic E-state index is 0.137. The fourth-order valence-corrected chi connectivity index (χ4v) is 2.15. The minimum atomic E-state index is -0.301. The van der Waals surface area contributed by atoms with Crippen molar-refractivity contribution < 1.29 is 4.52 Å². The molecule has 4 nitrogen and oxygen atoms in total. The van der Waals surface area contributed by atoms with Gasteiger partial charge in [-0.3, -0.25) is 0 Å². The van der Waals surface area contributed by atoms with Crippen LogP contribution in [-0.4, -0.2) is 10.1 Å². The SMILES string of the molecule is CC(C)(C)[C@@H](N)c1nc(Cc2ccc(Cl)cc2Cl)no1. The van der Waals surface area contributed by atoms with E-state index in [9.17, 15) is 0 Å². The maximum Gasteiger partial charge on any atom is 0.244 e. The molecule has 2 N–H and O–H groups in total. The van der Waals surface area contributed by atoms with Crippen LogP contribution in [-0.2, 0) is 6.42 Å². The summed E-state index contributed by atoms with van der Waals surface area (Å²) < 4.78 is 5.23. The summed E-state index contributed by atoms with van der Waals surface area (Å²) in [6, 6.07) is 5.03. The largest absolute Gasteiger partial charge is 0.338 e. The van der Waals surface area contributed by atoms with E-state index in [1.165, 1.54) is 0 Å². The molecule has 0 aliphatic rings. The van der Waals surface area contributed by atoms with Gasteiger partial charge in [-0.2, -0.15) is 4.98 Å². The van der Waals surface area contributed by atoms with E-state index >= 15 is 0 Å². The summed E-state index contributed by atoms with van der Waals surface area (Å²) in [7, 11) is 0. The smallest absolute Gasteiger partial charge is 0.244 e. The molecule has 0 aliphatic heterocycles. The van der Waals surface area contributed by atoms with Gasteiger partial charge in [0.2, 0.25) is 5.89 Å². The highest BCUT2D eigenvalue weighted by Gasteiger charge is 2.27. The lowest BCUT2D eigenvalue weighted by Crippen LogP contribution is -2.26. The predicted octanol–water partition coefficient (Wildman–Crippen LogP) is 4.01. The zero-order chi connectivity index (χ0) is 14.9. The van der Waals surface area contributed by atoms with E-state index in [-0.39, 0.29) is 11.5 Å². The number of rotatable bonds is 3. The quantitative estimate of drug-likeness (QED) is 0.929. The first-order valence-corrected chi connectivity index (χ1v) is 7.05. The van der Waals surface area contributed by atoms with E-state index in [1.54, 1.807) is 12.1 Å². The molecule has 0 aliphatic carbocycles. The van der Waals surface area contributed by atoms with Crippen LogP contribution < -0.4 is 5.73 Å². The Kier molecular flexibility index (Phi) is 4.37. The second kappa shape index (κ2) is 5.72. The second-order valence-electron chi connectivity index (χ2n) is 5.81. The predicted molar refractivity (Wildman–Crippen MR) is 79.9 cm³/mol. The third kappa shape index (κ3) is 3.51. The lowest BCUT2D eigenvalue weighted by Gasteiger charge is -2.23. The topological polar surface area (TPSA) is 64.9 Å². The van der Waals surface area contributed by atoms with E-state index in [4.69, 9.17) is 33.5 Å². The van der Waals surface area contributed by atoms with Gasteiger partial charge in [-0.05, 0) is 23.1 Å². The highest BCUT2D eigenvalue weighted by atomic mass is 35.5. The van der Waals surface area contributed by atoms with Crippen molar-refractivity contribution in [3.05, 3.63) is 45.5 Å². The van der Waals surface area contributed by atoms with Crippen LogP contribution in [0.5, 0.6) is 0 Å². The number of benzene rings is 1. The van der Waals surface area contributed by atoms with Gasteiger partial charge in [-0.15, -0.1) is 0 Å². The zero-order valence-electron chi connectivity index (χ0n) is 11.7. The second-order valence-corrected chi connectivity index (χ2v) is 6.65. The van der Waals surface area contributed by atoms with Crippen LogP contribution >= 0.6 is 23.2 Å². The molecule has 0 spiro atoms. The van der Waals surface area contributed by atoms with Crippen LogP contribution in [0.1, 0.15) is 44.1 Å². The first-order valence-electron chi connectivity index (χ1n) is 6.29. The number of hydrogen-bond acceptors (Lipinski definition) is 4. The van der Waals surface area contributed by atoms with E-state index in [0.29, 0.717) is 28.2 Å². The summed E-state index contributed by atoms with van der Waals surface area (Å²) in [5.74, 6) is 1.00. The summed E-state index contributed by atoms with van der Waals surface area (Å²) in [6.07, 6.45) is 0.483. The van der Waals surface area contributed by atoms with Crippen molar-refractivity contribution >= 4 is 23.2 Å². The third-order valence-electron chi connectivity index (χ3n) is 3.05. The van der Waals surface area contributed by atoms with Crippen molar-refractivity contribution in [2.45, 2.75) is 33.2 Å². The molecular formula is C14H17Cl2N3O. The highest BCUT2D eigenvalue weighted by molar-refractivity contribution is 6.35. The summed E-state index contributed by atoms with van der Waals surface area (Å²) in [5.41, 5.74) is 6.85. The van der Waals surface area contributed by atoms with Crippen LogP contribution in [0.3, 0.4) is 0 Å². The molecule has 1 aromatic carbocycles. The molecule has 108 valence electrons. The van der Waals surface area contributed by atoms with Crippen molar-refractivity contribution in [2.24, 2.45) is 11.1 Å². The first-order chi connectivity index (χ1) is 9.27. The van der Waals surface area contributed by atoms with Crippen LogP contribution in [0.15, 0.2) is 22.7 Å². The number of hydrogen-bond donors (Lipinski definition) is 1. The van der Waals surface area contributed by atoms with Crippen LogP contribution in [0.2, 0.25) is 10.0 Å². The molecule has 2 rings (SSSR count). The lowest BCUT2D eigenvalue weighted by molar-refractivity contribution is 0.252. The Bertz CT molecular complexity index is 605. The van der Waals surface area contributed by atoms with Crippen molar-refractivity contribution in [1.29, 1.82) is 0 Å². The average molecular weight is 314 g/mol. The van der Waals surface area contributed by atoms with Gasteiger partial charge < -0.3 is 10.3 Å². The Morgan fingerprint density at radius 1 is 1.30 bits per heavy atom. The maximum absolute atomic E-state index is 6.13. The summed E-state index contributed by atoms with van der Waals surface area (Å²) >= 11 is 12.0. The number of nitrogens with zero attached hydrogens (tertiary/aromatic N) is 2. The molecule has 0 saturated carbocycles. The molecule has 0 amide bonds. The molecule has 2 aromatic rings. The third-order valence-corrected chi connectivity index (χ3v) is 3.63. The Balaban J connectivity index is 2.18. The van der Waals surface area contributed by atoms with Gasteiger partial charge in [0.05, 0.1) is 6.04 Å². The molecule has 0 unspecified atom stereocenters. The molecule has 0 fully saturated rings. The molecule has 1 heterocycles. The number of aromatic nitrogens is 2. The minimum Gasteiger partial charge on any atom is -0.338 e. The van der Waals surface area contributed by atoms with Gasteiger partial charge >= 0.3 is 0 Å². The van der Waals surface area contributed by atoms with Crippen molar-refractivity contribution in [2.75, 3.05) is 0 Å². The number of nitrogens with two attached hydrogens (primary N) is 1. The highest BCUT2D eigenvalue weighted by Crippen LogP contribution is 2.29. The first kappa shape index (κ1) is 15.3. The van der Waals surface area contributed by atoms with Gasteiger partial charge in [0.1, 0.15) is 0 Å². The molecule has 0 bridgehead atoms. The van der Waals surface area contributed by atoms with E-state index in [1.807, 2.05) is 26.8 Å². The van der Waals surface area contributed by atoms with Crippen molar-refractivity contribution in [1.82, 2.24) is 10.1 Å². The number of halogens is 2. The molecule has 1 atom stereocenters. The lowest BCUT2D eigenvalue weighted by atomic mass is 9.87. The van der Waals surface area contributed by atoms with Gasteiger partial charge in [-0.1, -0.05) is 55.2 Å². The Labute approximate surface area is 128 Å². The fraction of sp³-hybridized carbons (Fsp3) is 0.429.